The van der Waals surface area contributed by atoms with Crippen molar-refractivity contribution < 1.29 is 17.9 Å². The van der Waals surface area contributed by atoms with Gasteiger partial charge >= 0.3 is 0 Å². The Hall–Kier alpha value is -3.91. The molecule has 35 heavy (non-hydrogen) atoms. The molecule has 0 aliphatic carbocycles. The van der Waals surface area contributed by atoms with Gasteiger partial charge in [0.05, 0.1) is 17.0 Å². The molecule has 0 bridgehead atoms. The van der Waals surface area contributed by atoms with Crippen LogP contribution in [0, 0.1) is 13.8 Å². The van der Waals surface area contributed by atoms with E-state index in [2.05, 4.69) is 5.32 Å². The number of hydrogen-bond donors (Lipinski definition) is 1. The summed E-state index contributed by atoms with van der Waals surface area (Å²) in [5.74, 6) is 0.330. The van der Waals surface area contributed by atoms with Gasteiger partial charge in [0, 0.05) is 17.3 Å². The fourth-order valence-corrected chi connectivity index (χ4v) is 5.18. The molecule has 180 valence electrons. The van der Waals surface area contributed by atoms with E-state index in [0.29, 0.717) is 23.6 Å². The summed E-state index contributed by atoms with van der Waals surface area (Å²) >= 11 is 0. The first-order chi connectivity index (χ1) is 16.7. The van der Waals surface area contributed by atoms with E-state index in [-0.39, 0.29) is 27.6 Å². The molecule has 7 nitrogen and oxygen atoms in total. The average molecular weight is 491 g/mol. The molecular formula is C27H26N2O5S. The molecule has 1 heterocycles. The molecule has 4 rings (SSSR count). The Balaban J connectivity index is 1.74. The topological polar surface area (TPSA) is 94.5 Å². The van der Waals surface area contributed by atoms with Gasteiger partial charge in [0.1, 0.15) is 17.2 Å². The van der Waals surface area contributed by atoms with Crippen molar-refractivity contribution in [2.24, 2.45) is 0 Å². The van der Waals surface area contributed by atoms with Crippen LogP contribution in [-0.4, -0.2) is 25.5 Å². The maximum atomic E-state index is 13.4. The van der Waals surface area contributed by atoms with E-state index < -0.39 is 15.3 Å². The molecular weight excluding hydrogens is 464 g/mol. The van der Waals surface area contributed by atoms with Crippen molar-refractivity contribution in [2.45, 2.75) is 37.1 Å². The second-order valence-corrected chi connectivity index (χ2v) is 10.2. The number of benzene rings is 3. The van der Waals surface area contributed by atoms with Crippen LogP contribution >= 0.6 is 0 Å². The molecule has 4 aromatic rings. The second kappa shape index (κ2) is 9.76. The summed E-state index contributed by atoms with van der Waals surface area (Å²) in [6.45, 7) is 5.93. The number of carbonyl (C=O) groups is 1. The predicted molar refractivity (Wildman–Crippen MR) is 136 cm³/mol. The third-order valence-electron chi connectivity index (χ3n) is 5.59. The maximum Gasteiger partial charge on any atom is 0.244 e. The third kappa shape index (κ3) is 5.12. The lowest BCUT2D eigenvalue weighted by molar-refractivity contribution is -0.116. The van der Waals surface area contributed by atoms with Gasteiger partial charge in [0.25, 0.3) is 0 Å². The van der Waals surface area contributed by atoms with Crippen LogP contribution in [0.2, 0.25) is 0 Å². The van der Waals surface area contributed by atoms with E-state index in [0.717, 1.165) is 11.1 Å². The molecule has 0 unspecified atom stereocenters. The number of anilines is 1. The van der Waals surface area contributed by atoms with E-state index in [4.69, 9.17) is 4.74 Å². The van der Waals surface area contributed by atoms with Crippen LogP contribution in [0.25, 0.3) is 10.9 Å². The van der Waals surface area contributed by atoms with Gasteiger partial charge in [0.15, 0.2) is 0 Å². The van der Waals surface area contributed by atoms with E-state index >= 15 is 0 Å². The lowest BCUT2D eigenvalue weighted by Crippen LogP contribution is -2.24. The lowest BCUT2D eigenvalue weighted by Gasteiger charge is -2.15. The lowest BCUT2D eigenvalue weighted by atomic mass is 10.1. The van der Waals surface area contributed by atoms with Crippen LogP contribution in [-0.2, 0) is 21.2 Å². The summed E-state index contributed by atoms with van der Waals surface area (Å²) in [5, 5.41) is 3.05. The zero-order valence-corrected chi connectivity index (χ0v) is 20.6. The molecule has 0 saturated heterocycles. The number of aromatic nitrogens is 1. The average Bonchev–Trinajstić information content (AvgIpc) is 2.82. The fourth-order valence-electron chi connectivity index (χ4n) is 3.81. The van der Waals surface area contributed by atoms with Crippen LogP contribution < -0.4 is 15.5 Å². The quantitative estimate of drug-likeness (QED) is 0.412. The van der Waals surface area contributed by atoms with Gasteiger partial charge in [-0.2, -0.15) is 0 Å². The Morgan fingerprint density at radius 3 is 2.26 bits per heavy atom. The number of amides is 1. The van der Waals surface area contributed by atoms with E-state index in [1.807, 2.05) is 26.8 Å². The van der Waals surface area contributed by atoms with Crippen LogP contribution in [0.5, 0.6) is 5.75 Å². The third-order valence-corrected chi connectivity index (χ3v) is 7.35. The number of carbonyl (C=O) groups excluding carboxylic acids is 1. The molecule has 8 heteroatoms. The zero-order valence-electron chi connectivity index (χ0n) is 19.7. The van der Waals surface area contributed by atoms with Crippen molar-refractivity contribution in [1.82, 2.24) is 4.57 Å². The Bertz CT molecular complexity index is 1550. The normalized spacial score (nSPS) is 11.4. The van der Waals surface area contributed by atoms with Gasteiger partial charge in [-0.1, -0.05) is 29.3 Å². The Morgan fingerprint density at radius 2 is 1.60 bits per heavy atom. The Labute approximate surface area is 203 Å². The minimum atomic E-state index is -4.10. The molecule has 0 atom stereocenters. The van der Waals surface area contributed by atoms with Gasteiger partial charge < -0.3 is 14.6 Å². The number of nitrogens with zero attached hydrogens (tertiary/aromatic N) is 1. The minimum absolute atomic E-state index is 0.0255. The van der Waals surface area contributed by atoms with Crippen LogP contribution in [0.15, 0.2) is 87.5 Å². The van der Waals surface area contributed by atoms with Crippen molar-refractivity contribution in [3.63, 3.8) is 0 Å². The summed E-state index contributed by atoms with van der Waals surface area (Å²) in [7, 11) is -4.10. The monoisotopic (exact) mass is 490 g/mol. The first-order valence-corrected chi connectivity index (χ1v) is 12.7. The highest BCUT2D eigenvalue weighted by Crippen LogP contribution is 2.23. The van der Waals surface area contributed by atoms with Crippen molar-refractivity contribution in [3.8, 4) is 5.75 Å². The maximum absolute atomic E-state index is 13.4. The first-order valence-electron chi connectivity index (χ1n) is 11.2. The number of hydrogen-bond acceptors (Lipinski definition) is 5. The van der Waals surface area contributed by atoms with E-state index in [9.17, 15) is 18.0 Å². The summed E-state index contributed by atoms with van der Waals surface area (Å²) in [4.78, 5) is 25.8. The van der Waals surface area contributed by atoms with Crippen LogP contribution in [0.4, 0.5) is 5.69 Å². The smallest absolute Gasteiger partial charge is 0.244 e. The highest BCUT2D eigenvalue weighted by Gasteiger charge is 2.24. The van der Waals surface area contributed by atoms with Crippen LogP contribution in [0.3, 0.4) is 0 Å². The van der Waals surface area contributed by atoms with E-state index in [1.54, 1.807) is 48.5 Å². The second-order valence-electron chi connectivity index (χ2n) is 8.29. The highest BCUT2D eigenvalue weighted by atomic mass is 32.2. The van der Waals surface area contributed by atoms with Crippen molar-refractivity contribution in [1.29, 1.82) is 0 Å². The number of aryl methyl sites for hydroxylation is 2. The molecule has 0 aliphatic heterocycles. The standard InChI is InChI=1S/C27H26N2O5S/c1-4-34-21-10-8-20(9-11-21)28-26(30)17-29-16-25(27(31)23-15-19(3)7-14-24(23)29)35(32,33)22-12-5-18(2)6-13-22/h5-16H,4,17H2,1-3H3,(H,28,30). The van der Waals surface area contributed by atoms with Gasteiger partial charge in [-0.05, 0) is 69.3 Å². The summed E-state index contributed by atoms with van der Waals surface area (Å²) in [6, 6.07) is 18.5. The van der Waals surface area contributed by atoms with Gasteiger partial charge in [-0.15, -0.1) is 0 Å². The van der Waals surface area contributed by atoms with E-state index in [1.165, 1.54) is 22.9 Å². The minimum Gasteiger partial charge on any atom is -0.494 e. The SMILES string of the molecule is CCOc1ccc(NC(=O)Cn2cc(S(=O)(=O)c3ccc(C)cc3)c(=O)c3cc(C)ccc32)cc1. The number of nitrogens with one attached hydrogen (secondary N) is 1. The number of ether oxygens (including phenoxy) is 1. The fraction of sp³-hybridized carbons (Fsp3) is 0.185. The molecule has 0 spiro atoms. The number of rotatable bonds is 7. The molecule has 1 N–H and O–H groups in total. The molecule has 0 saturated carbocycles. The predicted octanol–water partition coefficient (Wildman–Crippen LogP) is 4.49. The van der Waals surface area contributed by atoms with Crippen molar-refractivity contribution >= 4 is 32.3 Å². The molecule has 3 aromatic carbocycles. The Kier molecular flexibility index (Phi) is 6.75. The molecule has 1 aromatic heterocycles. The summed E-state index contributed by atoms with van der Waals surface area (Å²) < 4.78 is 33.7. The number of fused-ring (bicyclic) bond motifs is 1. The van der Waals surface area contributed by atoms with Crippen molar-refractivity contribution in [2.75, 3.05) is 11.9 Å². The number of sulfone groups is 1. The largest absolute Gasteiger partial charge is 0.494 e. The molecule has 0 radical (unpaired) electrons. The number of pyridine rings is 1. The summed E-state index contributed by atoms with van der Waals surface area (Å²) in [6.07, 6.45) is 1.26. The van der Waals surface area contributed by atoms with Gasteiger partial charge in [0.2, 0.25) is 21.2 Å². The van der Waals surface area contributed by atoms with Crippen LogP contribution in [0.1, 0.15) is 18.1 Å². The van der Waals surface area contributed by atoms with Gasteiger partial charge in [-0.25, -0.2) is 8.42 Å². The molecule has 0 fully saturated rings. The summed E-state index contributed by atoms with van der Waals surface area (Å²) in [5.41, 5.74) is 2.18. The molecule has 0 aliphatic rings. The van der Waals surface area contributed by atoms with Gasteiger partial charge in [-0.3, -0.25) is 9.59 Å². The first kappa shape index (κ1) is 24.2. The Morgan fingerprint density at radius 1 is 0.943 bits per heavy atom. The zero-order chi connectivity index (χ0) is 25.2. The highest BCUT2D eigenvalue weighted by molar-refractivity contribution is 7.91. The van der Waals surface area contributed by atoms with Crippen molar-refractivity contribution in [3.05, 3.63) is 94.3 Å². The molecule has 1 amide bonds.